The number of hydrogen-bond acceptors (Lipinski definition) is 5. The fourth-order valence-electron chi connectivity index (χ4n) is 3.64. The zero-order valence-corrected chi connectivity index (χ0v) is 17.5. The molecule has 7 heteroatoms. The number of nitrogens with one attached hydrogen (secondary N) is 2. The number of benzene rings is 2. The van der Waals surface area contributed by atoms with E-state index in [2.05, 4.69) is 20.7 Å². The molecule has 0 fully saturated rings. The maximum absolute atomic E-state index is 13.4. The van der Waals surface area contributed by atoms with Crippen LogP contribution in [0, 0.1) is 6.92 Å². The number of allylic oxidation sites excluding steroid dienone is 1. The second-order valence-electron chi connectivity index (χ2n) is 7.66. The van der Waals surface area contributed by atoms with E-state index in [1.54, 1.807) is 4.68 Å². The molecule has 1 amide bonds. The second kappa shape index (κ2) is 8.02. The highest BCUT2D eigenvalue weighted by molar-refractivity contribution is 6.06. The third-order valence-corrected chi connectivity index (χ3v) is 4.86. The normalized spacial score (nSPS) is 15.6. The van der Waals surface area contributed by atoms with Crippen LogP contribution in [0.25, 0.3) is 0 Å². The summed E-state index contributed by atoms with van der Waals surface area (Å²) in [7, 11) is 0. The van der Waals surface area contributed by atoms with Gasteiger partial charge in [-0.05, 0) is 63.1 Å². The first-order chi connectivity index (χ1) is 14.4. The standard InChI is InChI=1S/C23H25N5O2/c1-14(2)30-19-10-6-8-17(12-19)21-20(16(4)26-23-24-13-25-28(21)23)22(29)27-18-9-5-7-15(3)11-18/h5-14,21H,1-4H3,(H,27,29)(H,24,25,26). The van der Waals surface area contributed by atoms with E-state index in [-0.39, 0.29) is 12.0 Å². The highest BCUT2D eigenvalue weighted by atomic mass is 16.5. The number of aryl methyl sites for hydroxylation is 1. The van der Waals surface area contributed by atoms with Crippen molar-refractivity contribution in [2.24, 2.45) is 0 Å². The molecule has 0 radical (unpaired) electrons. The number of ether oxygens (including phenoxy) is 1. The van der Waals surface area contributed by atoms with E-state index in [0.29, 0.717) is 11.5 Å². The van der Waals surface area contributed by atoms with Gasteiger partial charge in [0, 0.05) is 11.4 Å². The van der Waals surface area contributed by atoms with Gasteiger partial charge < -0.3 is 15.4 Å². The lowest BCUT2D eigenvalue weighted by atomic mass is 9.94. The van der Waals surface area contributed by atoms with Crippen LogP contribution in [0.5, 0.6) is 5.75 Å². The molecule has 4 rings (SSSR count). The highest BCUT2D eigenvalue weighted by Crippen LogP contribution is 2.36. The number of carbonyl (C=O) groups is 1. The SMILES string of the molecule is CC1=C(C(=O)Nc2cccc(C)c2)C(c2cccc(OC(C)C)c2)n2ncnc2N1. The lowest BCUT2D eigenvalue weighted by molar-refractivity contribution is -0.113. The van der Waals surface area contributed by atoms with E-state index in [1.165, 1.54) is 6.33 Å². The third kappa shape index (κ3) is 3.91. The number of rotatable bonds is 5. The van der Waals surface area contributed by atoms with Gasteiger partial charge in [-0.2, -0.15) is 10.1 Å². The topological polar surface area (TPSA) is 81.1 Å². The number of nitrogens with zero attached hydrogens (tertiary/aromatic N) is 3. The molecule has 0 spiro atoms. The van der Waals surface area contributed by atoms with Crippen LogP contribution in [0.2, 0.25) is 0 Å². The monoisotopic (exact) mass is 403 g/mol. The maximum atomic E-state index is 13.4. The number of fused-ring (bicyclic) bond motifs is 1. The van der Waals surface area contributed by atoms with Gasteiger partial charge in [-0.3, -0.25) is 4.79 Å². The average molecular weight is 403 g/mol. The summed E-state index contributed by atoms with van der Waals surface area (Å²) >= 11 is 0. The Morgan fingerprint density at radius 1 is 1.17 bits per heavy atom. The minimum absolute atomic E-state index is 0.0524. The molecule has 154 valence electrons. The summed E-state index contributed by atoms with van der Waals surface area (Å²) < 4.78 is 7.60. The van der Waals surface area contributed by atoms with Crippen LogP contribution >= 0.6 is 0 Å². The molecule has 30 heavy (non-hydrogen) atoms. The van der Waals surface area contributed by atoms with Crippen molar-refractivity contribution < 1.29 is 9.53 Å². The Balaban J connectivity index is 1.75. The van der Waals surface area contributed by atoms with Crippen LogP contribution in [0.1, 0.15) is 37.9 Å². The molecule has 2 N–H and O–H groups in total. The van der Waals surface area contributed by atoms with Crippen LogP contribution in [-0.2, 0) is 4.79 Å². The van der Waals surface area contributed by atoms with E-state index in [4.69, 9.17) is 4.74 Å². The smallest absolute Gasteiger partial charge is 0.255 e. The van der Waals surface area contributed by atoms with Crippen molar-refractivity contribution in [3.63, 3.8) is 0 Å². The van der Waals surface area contributed by atoms with E-state index in [1.807, 2.05) is 76.2 Å². The van der Waals surface area contributed by atoms with Crippen LogP contribution in [0.4, 0.5) is 11.6 Å². The van der Waals surface area contributed by atoms with Gasteiger partial charge in [-0.25, -0.2) is 4.68 Å². The van der Waals surface area contributed by atoms with E-state index in [0.717, 1.165) is 28.3 Å². The Morgan fingerprint density at radius 3 is 2.73 bits per heavy atom. The number of aromatic nitrogens is 3. The molecule has 0 saturated heterocycles. The summed E-state index contributed by atoms with van der Waals surface area (Å²) in [6.07, 6.45) is 1.54. The molecule has 3 aromatic rings. The molecule has 7 nitrogen and oxygen atoms in total. The summed E-state index contributed by atoms with van der Waals surface area (Å²) in [6, 6.07) is 15.1. The lowest BCUT2D eigenvalue weighted by Crippen LogP contribution is -2.31. The summed E-state index contributed by atoms with van der Waals surface area (Å²) in [5.74, 6) is 1.16. The van der Waals surface area contributed by atoms with Gasteiger partial charge in [0.2, 0.25) is 5.95 Å². The average Bonchev–Trinajstić information content (AvgIpc) is 3.14. The predicted octanol–water partition coefficient (Wildman–Crippen LogP) is 4.30. The van der Waals surface area contributed by atoms with Crippen LogP contribution < -0.4 is 15.4 Å². The van der Waals surface area contributed by atoms with Gasteiger partial charge in [-0.1, -0.05) is 24.3 Å². The molecular formula is C23H25N5O2. The van der Waals surface area contributed by atoms with Gasteiger partial charge in [0.25, 0.3) is 5.91 Å². The molecule has 1 atom stereocenters. The van der Waals surface area contributed by atoms with Crippen molar-refractivity contribution in [1.29, 1.82) is 0 Å². The summed E-state index contributed by atoms with van der Waals surface area (Å²) in [5.41, 5.74) is 4.04. The molecule has 0 saturated carbocycles. The Labute approximate surface area is 175 Å². The quantitative estimate of drug-likeness (QED) is 0.664. The zero-order valence-electron chi connectivity index (χ0n) is 17.5. The Kier molecular flexibility index (Phi) is 5.27. The fourth-order valence-corrected chi connectivity index (χ4v) is 3.64. The van der Waals surface area contributed by atoms with Crippen molar-refractivity contribution >= 4 is 17.5 Å². The van der Waals surface area contributed by atoms with Crippen molar-refractivity contribution in [3.05, 3.63) is 77.3 Å². The van der Waals surface area contributed by atoms with Crippen molar-refractivity contribution in [3.8, 4) is 5.75 Å². The van der Waals surface area contributed by atoms with Gasteiger partial charge in [0.1, 0.15) is 18.1 Å². The molecule has 1 aliphatic heterocycles. The molecule has 0 bridgehead atoms. The van der Waals surface area contributed by atoms with E-state index >= 15 is 0 Å². The second-order valence-corrected chi connectivity index (χ2v) is 7.66. The predicted molar refractivity (Wildman–Crippen MR) is 116 cm³/mol. The number of amides is 1. The van der Waals surface area contributed by atoms with Crippen LogP contribution in [0.3, 0.4) is 0 Å². The number of anilines is 2. The molecule has 1 aromatic heterocycles. The van der Waals surface area contributed by atoms with Crippen molar-refractivity contribution in [1.82, 2.24) is 14.8 Å². The molecular weight excluding hydrogens is 378 g/mol. The van der Waals surface area contributed by atoms with Crippen LogP contribution in [0.15, 0.2) is 66.1 Å². The molecule has 0 aliphatic carbocycles. The largest absolute Gasteiger partial charge is 0.491 e. The highest BCUT2D eigenvalue weighted by Gasteiger charge is 2.33. The number of hydrogen-bond donors (Lipinski definition) is 2. The summed E-state index contributed by atoms with van der Waals surface area (Å²) in [6.45, 7) is 7.84. The Morgan fingerprint density at radius 2 is 1.97 bits per heavy atom. The first-order valence-electron chi connectivity index (χ1n) is 9.94. The van der Waals surface area contributed by atoms with Gasteiger partial charge in [0.15, 0.2) is 0 Å². The van der Waals surface area contributed by atoms with Crippen molar-refractivity contribution in [2.45, 2.75) is 39.8 Å². The van der Waals surface area contributed by atoms with Gasteiger partial charge >= 0.3 is 0 Å². The fraction of sp³-hybridized carbons (Fsp3) is 0.261. The lowest BCUT2D eigenvalue weighted by Gasteiger charge is -2.29. The molecule has 1 unspecified atom stereocenters. The minimum Gasteiger partial charge on any atom is -0.491 e. The molecule has 2 heterocycles. The first kappa shape index (κ1) is 19.7. The van der Waals surface area contributed by atoms with Crippen LogP contribution in [-0.4, -0.2) is 26.8 Å². The van der Waals surface area contributed by atoms with E-state index in [9.17, 15) is 4.79 Å². The Hall–Kier alpha value is -3.61. The van der Waals surface area contributed by atoms with E-state index < -0.39 is 6.04 Å². The van der Waals surface area contributed by atoms with Gasteiger partial charge in [-0.15, -0.1) is 0 Å². The van der Waals surface area contributed by atoms with Crippen molar-refractivity contribution in [2.75, 3.05) is 10.6 Å². The molecule has 1 aliphatic rings. The molecule has 2 aromatic carbocycles. The zero-order chi connectivity index (χ0) is 21.3. The summed E-state index contributed by atoms with van der Waals surface area (Å²) in [4.78, 5) is 17.7. The third-order valence-electron chi connectivity index (χ3n) is 4.86. The van der Waals surface area contributed by atoms with Gasteiger partial charge in [0.05, 0.1) is 11.7 Å². The minimum atomic E-state index is -0.427. The maximum Gasteiger partial charge on any atom is 0.255 e. The first-order valence-corrected chi connectivity index (χ1v) is 9.94. The number of carbonyl (C=O) groups excluding carboxylic acids is 1. The summed E-state index contributed by atoms with van der Waals surface area (Å²) in [5, 5.41) is 10.6. The Bertz CT molecular complexity index is 1120.